The molecule has 0 aliphatic heterocycles. The van der Waals surface area contributed by atoms with Crippen molar-refractivity contribution in [1.82, 2.24) is 0 Å². The largest absolute Gasteiger partial charge is 0.119 e. The Morgan fingerprint density at radius 1 is 0.650 bits per heavy atom. The van der Waals surface area contributed by atoms with Crippen molar-refractivity contribution in [3.8, 4) is 0 Å². The minimum atomic E-state index is 1.06. The van der Waals surface area contributed by atoms with Crippen LogP contribution in [0.25, 0.3) is 0 Å². The molecule has 0 unspecified atom stereocenters. The van der Waals surface area contributed by atoms with E-state index in [1.54, 1.807) is 35.3 Å². The molecule has 20 heavy (non-hydrogen) atoms. The summed E-state index contributed by atoms with van der Waals surface area (Å²) in [5.41, 5.74) is 0. The first-order chi connectivity index (χ1) is 9.40. The first-order valence-electron chi connectivity index (χ1n) is 6.80. The van der Waals surface area contributed by atoms with Crippen LogP contribution in [0, 0.1) is 0 Å². The summed E-state index contributed by atoms with van der Waals surface area (Å²) in [5.74, 6) is 3.53. The SMILES string of the molecule is CC(=S)SCCCCCSC(C)=S.CCCSC(C)=S. The Kier molecular flexibility index (Phi) is 21.7. The van der Waals surface area contributed by atoms with Gasteiger partial charge < -0.3 is 0 Å². The van der Waals surface area contributed by atoms with Crippen LogP contribution in [0.4, 0.5) is 0 Å². The highest BCUT2D eigenvalue weighted by molar-refractivity contribution is 8.23. The number of rotatable bonds is 8. The molecule has 0 saturated heterocycles. The van der Waals surface area contributed by atoms with E-state index in [1.165, 1.54) is 42.9 Å². The molecule has 6 heteroatoms. The molecule has 118 valence electrons. The van der Waals surface area contributed by atoms with Gasteiger partial charge in [0, 0.05) is 12.6 Å². The van der Waals surface area contributed by atoms with Crippen LogP contribution in [0.2, 0.25) is 0 Å². The molecule has 0 aliphatic rings. The topological polar surface area (TPSA) is 0 Å². The second kappa shape index (κ2) is 18.4. The summed E-state index contributed by atoms with van der Waals surface area (Å²) in [6.45, 7) is 8.11. The van der Waals surface area contributed by atoms with E-state index in [0.29, 0.717) is 0 Å². The van der Waals surface area contributed by atoms with Crippen molar-refractivity contribution in [3.63, 3.8) is 0 Å². The molecule has 0 bridgehead atoms. The Bertz CT molecular complexity index is 257. The molecular formula is C14H26S6. The van der Waals surface area contributed by atoms with Crippen molar-refractivity contribution in [2.24, 2.45) is 0 Å². The highest BCUT2D eigenvalue weighted by atomic mass is 32.2. The van der Waals surface area contributed by atoms with Gasteiger partial charge in [-0.05, 0) is 57.3 Å². The maximum atomic E-state index is 4.97. The lowest BCUT2D eigenvalue weighted by Crippen LogP contribution is -1.88. The van der Waals surface area contributed by atoms with Crippen LogP contribution in [0.15, 0.2) is 0 Å². The van der Waals surface area contributed by atoms with Gasteiger partial charge in [-0.3, -0.25) is 0 Å². The van der Waals surface area contributed by atoms with E-state index in [1.807, 2.05) is 20.8 Å². The lowest BCUT2D eigenvalue weighted by molar-refractivity contribution is 0.787. The Labute approximate surface area is 154 Å². The Hall–Kier alpha value is 1.32. The first-order valence-corrected chi connectivity index (χ1v) is 11.0. The maximum Gasteiger partial charge on any atom is 0.0447 e. The van der Waals surface area contributed by atoms with Crippen molar-refractivity contribution >= 4 is 84.5 Å². The minimum absolute atomic E-state index is 1.06. The van der Waals surface area contributed by atoms with Gasteiger partial charge in [0.05, 0.1) is 0 Å². The van der Waals surface area contributed by atoms with E-state index in [9.17, 15) is 0 Å². The van der Waals surface area contributed by atoms with E-state index in [-0.39, 0.29) is 0 Å². The highest BCUT2D eigenvalue weighted by Crippen LogP contribution is 2.11. The molecule has 0 aromatic heterocycles. The molecule has 0 aromatic rings. The fourth-order valence-electron chi connectivity index (χ4n) is 1.06. The zero-order chi connectivity index (χ0) is 15.8. The summed E-state index contributed by atoms with van der Waals surface area (Å²) in [5, 5.41) is 0. The zero-order valence-corrected chi connectivity index (χ0v) is 17.8. The van der Waals surface area contributed by atoms with E-state index >= 15 is 0 Å². The average Bonchev–Trinajstić information content (AvgIpc) is 2.35. The van der Waals surface area contributed by atoms with Crippen LogP contribution in [0.1, 0.15) is 53.4 Å². The first kappa shape index (κ1) is 23.6. The van der Waals surface area contributed by atoms with Gasteiger partial charge >= 0.3 is 0 Å². The second-order valence-corrected chi connectivity index (χ2v) is 10.6. The van der Waals surface area contributed by atoms with E-state index in [2.05, 4.69) is 6.92 Å². The second-order valence-electron chi connectivity index (χ2n) is 4.08. The van der Waals surface area contributed by atoms with E-state index in [4.69, 9.17) is 36.7 Å². The Balaban J connectivity index is 0. The summed E-state index contributed by atoms with van der Waals surface area (Å²) >= 11 is 20.1. The molecule has 0 saturated carbocycles. The van der Waals surface area contributed by atoms with E-state index in [0.717, 1.165) is 12.6 Å². The quantitative estimate of drug-likeness (QED) is 0.330. The van der Waals surface area contributed by atoms with Gasteiger partial charge in [-0.1, -0.05) is 50.0 Å². The molecule has 0 aliphatic carbocycles. The summed E-state index contributed by atoms with van der Waals surface area (Å²) in [6.07, 6.45) is 5.06. The number of hydrogen-bond donors (Lipinski definition) is 0. The fourth-order valence-corrected chi connectivity index (χ4v) is 3.57. The van der Waals surface area contributed by atoms with Crippen LogP contribution in [0.3, 0.4) is 0 Å². The molecule has 0 amide bonds. The van der Waals surface area contributed by atoms with Crippen LogP contribution in [-0.2, 0) is 0 Å². The van der Waals surface area contributed by atoms with E-state index < -0.39 is 0 Å². The third-order valence-electron chi connectivity index (χ3n) is 1.91. The van der Waals surface area contributed by atoms with Crippen LogP contribution < -0.4 is 0 Å². The number of thioether (sulfide) groups is 3. The minimum Gasteiger partial charge on any atom is -0.119 e. The number of unbranched alkanes of at least 4 members (excludes halogenated alkanes) is 2. The molecule has 0 nitrogen and oxygen atoms in total. The maximum absolute atomic E-state index is 4.97. The predicted octanol–water partition coefficient (Wildman–Crippen LogP) is 6.79. The highest BCUT2D eigenvalue weighted by Gasteiger charge is 1.93. The smallest absolute Gasteiger partial charge is 0.0447 e. The van der Waals surface area contributed by atoms with Crippen molar-refractivity contribution < 1.29 is 0 Å². The molecule has 0 radical (unpaired) electrons. The van der Waals surface area contributed by atoms with Crippen molar-refractivity contribution in [1.29, 1.82) is 0 Å². The average molecular weight is 387 g/mol. The van der Waals surface area contributed by atoms with Gasteiger partial charge in [-0.25, -0.2) is 0 Å². The normalized spacial score (nSPS) is 9.60. The fraction of sp³-hybridized carbons (Fsp3) is 0.786. The molecule has 0 spiro atoms. The predicted molar refractivity (Wildman–Crippen MR) is 116 cm³/mol. The Morgan fingerprint density at radius 2 is 1.00 bits per heavy atom. The summed E-state index contributed by atoms with van der Waals surface area (Å²) in [6, 6.07) is 0. The molecule has 0 rings (SSSR count). The number of hydrogen-bond acceptors (Lipinski definition) is 6. The zero-order valence-electron chi connectivity index (χ0n) is 12.9. The molecule has 0 N–H and O–H groups in total. The van der Waals surface area contributed by atoms with Crippen molar-refractivity contribution in [3.05, 3.63) is 0 Å². The van der Waals surface area contributed by atoms with Gasteiger partial charge in [0.1, 0.15) is 0 Å². The van der Waals surface area contributed by atoms with Crippen LogP contribution >= 0.6 is 71.9 Å². The third-order valence-corrected chi connectivity index (χ3v) is 5.79. The van der Waals surface area contributed by atoms with Gasteiger partial charge in [-0.2, -0.15) is 0 Å². The molecule has 0 atom stereocenters. The summed E-state index contributed by atoms with van der Waals surface area (Å²) in [7, 11) is 0. The van der Waals surface area contributed by atoms with Gasteiger partial charge in [-0.15, -0.1) is 35.3 Å². The van der Waals surface area contributed by atoms with Crippen molar-refractivity contribution in [2.75, 3.05) is 17.3 Å². The molecule has 0 heterocycles. The van der Waals surface area contributed by atoms with Crippen LogP contribution in [0.5, 0.6) is 0 Å². The Morgan fingerprint density at radius 3 is 1.25 bits per heavy atom. The lowest BCUT2D eigenvalue weighted by Gasteiger charge is -2.00. The monoisotopic (exact) mass is 386 g/mol. The van der Waals surface area contributed by atoms with Gasteiger partial charge in [0.2, 0.25) is 0 Å². The van der Waals surface area contributed by atoms with Crippen LogP contribution in [-0.4, -0.2) is 29.8 Å². The third kappa shape index (κ3) is 27.6. The molecule has 0 aromatic carbocycles. The molecular weight excluding hydrogens is 361 g/mol. The summed E-state index contributed by atoms with van der Waals surface area (Å²) in [4.78, 5) is 0. The van der Waals surface area contributed by atoms with Gasteiger partial charge in [0.25, 0.3) is 0 Å². The van der Waals surface area contributed by atoms with Gasteiger partial charge in [0.15, 0.2) is 0 Å². The summed E-state index contributed by atoms with van der Waals surface area (Å²) < 4.78 is 3.18. The van der Waals surface area contributed by atoms with Crippen molar-refractivity contribution in [2.45, 2.75) is 53.4 Å². The number of thiocarbonyl (C=S) groups is 3. The standard InChI is InChI=1S/C9H16S4.C5H10S2/c1-8(10)12-6-4-3-5-7-13-9(2)11;1-3-4-7-5(2)6/h3-7H2,1-2H3;3-4H2,1-2H3. The lowest BCUT2D eigenvalue weighted by atomic mass is 10.3. The molecule has 0 fully saturated rings.